The number of aryl methyl sites for hydroxylation is 1. The molecule has 0 radical (unpaired) electrons. The Hall–Kier alpha value is -3.68. The zero-order valence-electron chi connectivity index (χ0n) is 15.7. The predicted octanol–water partition coefficient (Wildman–Crippen LogP) is 5.29. The van der Waals surface area contributed by atoms with Crippen molar-refractivity contribution in [1.29, 1.82) is 0 Å². The van der Waals surface area contributed by atoms with E-state index in [0.29, 0.717) is 18.5 Å². The molecule has 0 spiro atoms. The fourth-order valence-corrected chi connectivity index (χ4v) is 3.13. The zero-order valence-corrected chi connectivity index (χ0v) is 15.7. The molecular weight excluding hydrogens is 393 g/mol. The number of nitrogens with one attached hydrogen (secondary N) is 2. The molecule has 2 N–H and O–H groups in total. The minimum absolute atomic E-state index is 0.0378. The van der Waals surface area contributed by atoms with Crippen LogP contribution in [0.4, 0.5) is 30.5 Å². The van der Waals surface area contributed by atoms with Gasteiger partial charge in [-0.3, -0.25) is 4.79 Å². The Kier molecular flexibility index (Phi) is 5.22. The molecule has 0 saturated heterocycles. The van der Waals surface area contributed by atoms with E-state index in [2.05, 4.69) is 20.6 Å². The van der Waals surface area contributed by atoms with E-state index in [1.165, 1.54) is 6.08 Å². The molecule has 2 heterocycles. The summed E-state index contributed by atoms with van der Waals surface area (Å²) in [7, 11) is 0. The molecule has 3 aromatic rings. The molecule has 152 valence electrons. The van der Waals surface area contributed by atoms with Crippen molar-refractivity contribution in [2.45, 2.75) is 19.0 Å². The fraction of sp³-hybridized carbons (Fsp3) is 0.136. The summed E-state index contributed by atoms with van der Waals surface area (Å²) in [5, 5.41) is 5.73. The number of anilines is 3. The lowest BCUT2D eigenvalue weighted by Crippen LogP contribution is -2.18. The molecule has 0 unspecified atom stereocenters. The second kappa shape index (κ2) is 7.98. The number of benzene rings is 2. The maximum absolute atomic E-state index is 13.4. The standard InChI is InChI=1S/C22H17F3N4O/c23-22(24,25)17-13-26-21(29-19(17)9-6-14-4-2-1-3-5-14)27-16-8-10-18-15(12-16)7-11-20(30)28-18/h1-6,8-10,12-13H,7,11H2,(H,28,30)(H,26,27,29). The third kappa shape index (κ3) is 4.48. The van der Waals surface area contributed by atoms with Crippen molar-refractivity contribution in [2.75, 3.05) is 10.6 Å². The van der Waals surface area contributed by atoms with Crippen LogP contribution in [-0.2, 0) is 17.4 Å². The molecule has 1 aliphatic rings. The number of carbonyl (C=O) groups is 1. The number of hydrogen-bond donors (Lipinski definition) is 2. The van der Waals surface area contributed by atoms with Crippen LogP contribution in [0.15, 0.2) is 54.7 Å². The Bertz CT molecular complexity index is 1110. The van der Waals surface area contributed by atoms with Gasteiger partial charge in [0.15, 0.2) is 0 Å². The van der Waals surface area contributed by atoms with Gasteiger partial charge in [-0.25, -0.2) is 9.97 Å². The van der Waals surface area contributed by atoms with Crippen LogP contribution in [0, 0.1) is 0 Å². The summed E-state index contributed by atoms with van der Waals surface area (Å²) in [5.74, 6) is 0.0135. The molecule has 0 bridgehead atoms. The van der Waals surface area contributed by atoms with Crippen molar-refractivity contribution in [3.63, 3.8) is 0 Å². The average molecular weight is 410 g/mol. The SMILES string of the molecule is O=C1CCc2cc(Nc3ncc(C(F)(F)F)c(C=Cc4ccccc4)n3)ccc2N1. The van der Waals surface area contributed by atoms with E-state index in [1.807, 2.05) is 12.1 Å². The lowest BCUT2D eigenvalue weighted by Gasteiger charge is -2.18. The molecule has 0 fully saturated rings. The summed E-state index contributed by atoms with van der Waals surface area (Å²) in [6.07, 6.45) is 0.0885. The van der Waals surface area contributed by atoms with E-state index in [-0.39, 0.29) is 17.5 Å². The Morgan fingerprint density at radius 3 is 2.60 bits per heavy atom. The van der Waals surface area contributed by atoms with Crippen molar-refractivity contribution in [2.24, 2.45) is 0 Å². The van der Waals surface area contributed by atoms with Crippen LogP contribution in [0.5, 0.6) is 0 Å². The molecule has 4 rings (SSSR count). The first-order valence-corrected chi connectivity index (χ1v) is 9.26. The van der Waals surface area contributed by atoms with Crippen LogP contribution in [0.3, 0.4) is 0 Å². The summed E-state index contributed by atoms with van der Waals surface area (Å²) in [5.41, 5.74) is 1.92. The molecule has 0 saturated carbocycles. The molecule has 1 aliphatic heterocycles. The molecule has 1 aromatic heterocycles. The first-order chi connectivity index (χ1) is 14.4. The Labute approximate surface area is 170 Å². The monoisotopic (exact) mass is 410 g/mol. The van der Waals surface area contributed by atoms with Crippen LogP contribution >= 0.6 is 0 Å². The van der Waals surface area contributed by atoms with Gasteiger partial charge in [-0.15, -0.1) is 0 Å². The van der Waals surface area contributed by atoms with Crippen LogP contribution in [0.2, 0.25) is 0 Å². The highest BCUT2D eigenvalue weighted by Gasteiger charge is 2.34. The van der Waals surface area contributed by atoms with Gasteiger partial charge in [-0.05, 0) is 41.8 Å². The quantitative estimate of drug-likeness (QED) is 0.613. The van der Waals surface area contributed by atoms with Crippen LogP contribution in [-0.4, -0.2) is 15.9 Å². The molecule has 0 aliphatic carbocycles. The van der Waals surface area contributed by atoms with Crippen LogP contribution in [0.1, 0.15) is 28.8 Å². The normalized spacial score (nSPS) is 13.8. The summed E-state index contributed by atoms with van der Waals surface area (Å²) in [4.78, 5) is 19.4. The second-order valence-electron chi connectivity index (χ2n) is 6.78. The zero-order chi connectivity index (χ0) is 21.1. The molecule has 8 heteroatoms. The third-order valence-corrected chi connectivity index (χ3v) is 4.61. The molecule has 0 atom stereocenters. The van der Waals surface area contributed by atoms with Gasteiger partial charge in [0.2, 0.25) is 11.9 Å². The van der Waals surface area contributed by atoms with Gasteiger partial charge in [0, 0.05) is 24.0 Å². The maximum atomic E-state index is 13.4. The second-order valence-corrected chi connectivity index (χ2v) is 6.78. The number of rotatable bonds is 4. The lowest BCUT2D eigenvalue weighted by molar-refractivity contribution is -0.138. The van der Waals surface area contributed by atoms with Crippen molar-refractivity contribution in [3.05, 3.63) is 77.1 Å². The van der Waals surface area contributed by atoms with E-state index in [0.717, 1.165) is 23.0 Å². The van der Waals surface area contributed by atoms with Crippen molar-refractivity contribution >= 4 is 35.4 Å². The van der Waals surface area contributed by atoms with Crippen molar-refractivity contribution < 1.29 is 18.0 Å². The lowest BCUT2D eigenvalue weighted by atomic mass is 10.0. The Morgan fingerprint density at radius 1 is 1.03 bits per heavy atom. The van der Waals surface area contributed by atoms with Crippen LogP contribution in [0.25, 0.3) is 12.2 Å². The summed E-state index contributed by atoms with van der Waals surface area (Å²) < 4.78 is 40.2. The van der Waals surface area contributed by atoms with Gasteiger partial charge in [0.05, 0.1) is 11.3 Å². The van der Waals surface area contributed by atoms with Crippen molar-refractivity contribution in [1.82, 2.24) is 9.97 Å². The third-order valence-electron chi connectivity index (χ3n) is 4.61. The van der Waals surface area contributed by atoms with E-state index >= 15 is 0 Å². The van der Waals surface area contributed by atoms with E-state index in [9.17, 15) is 18.0 Å². The number of aromatic nitrogens is 2. The number of amides is 1. The van der Waals surface area contributed by atoms with Gasteiger partial charge in [-0.2, -0.15) is 13.2 Å². The molecule has 5 nitrogen and oxygen atoms in total. The number of fused-ring (bicyclic) bond motifs is 1. The van der Waals surface area contributed by atoms with E-state index in [4.69, 9.17) is 0 Å². The van der Waals surface area contributed by atoms with E-state index in [1.54, 1.807) is 42.5 Å². The van der Waals surface area contributed by atoms with Gasteiger partial charge in [-0.1, -0.05) is 36.4 Å². The minimum Gasteiger partial charge on any atom is -0.326 e. The van der Waals surface area contributed by atoms with Gasteiger partial charge < -0.3 is 10.6 Å². The smallest absolute Gasteiger partial charge is 0.326 e. The average Bonchev–Trinajstić information content (AvgIpc) is 2.72. The maximum Gasteiger partial charge on any atom is 0.419 e. The highest BCUT2D eigenvalue weighted by atomic mass is 19.4. The van der Waals surface area contributed by atoms with Crippen molar-refractivity contribution in [3.8, 4) is 0 Å². The Morgan fingerprint density at radius 2 is 1.83 bits per heavy atom. The summed E-state index contributed by atoms with van der Waals surface area (Å²) in [6, 6.07) is 14.3. The number of hydrogen-bond acceptors (Lipinski definition) is 4. The molecule has 30 heavy (non-hydrogen) atoms. The number of carbonyl (C=O) groups excluding carboxylic acids is 1. The first-order valence-electron chi connectivity index (χ1n) is 9.26. The Balaban J connectivity index is 1.63. The largest absolute Gasteiger partial charge is 0.419 e. The minimum atomic E-state index is -4.57. The predicted molar refractivity (Wildman–Crippen MR) is 109 cm³/mol. The highest BCUT2D eigenvalue weighted by molar-refractivity contribution is 5.94. The summed E-state index contributed by atoms with van der Waals surface area (Å²) in [6.45, 7) is 0. The molecule has 2 aromatic carbocycles. The summed E-state index contributed by atoms with van der Waals surface area (Å²) >= 11 is 0. The highest BCUT2D eigenvalue weighted by Crippen LogP contribution is 2.33. The molecule has 1 amide bonds. The molecular formula is C22H17F3N4O. The van der Waals surface area contributed by atoms with Gasteiger partial charge in [0.1, 0.15) is 0 Å². The van der Waals surface area contributed by atoms with Gasteiger partial charge >= 0.3 is 6.18 Å². The number of alkyl halides is 3. The van der Waals surface area contributed by atoms with E-state index < -0.39 is 11.7 Å². The number of nitrogens with zero attached hydrogens (tertiary/aromatic N) is 2. The number of halogens is 3. The van der Waals surface area contributed by atoms with Crippen LogP contribution < -0.4 is 10.6 Å². The van der Waals surface area contributed by atoms with Gasteiger partial charge in [0.25, 0.3) is 0 Å². The topological polar surface area (TPSA) is 66.9 Å². The first kappa shape index (κ1) is 19.6. The fourth-order valence-electron chi connectivity index (χ4n) is 3.13.